The first-order valence-corrected chi connectivity index (χ1v) is 15.0. The van der Waals surface area contributed by atoms with Crippen molar-refractivity contribution in [3.63, 3.8) is 0 Å². The van der Waals surface area contributed by atoms with Gasteiger partial charge in [0.25, 0.3) is 0 Å². The molecule has 1 N–H and O–H groups in total. The predicted molar refractivity (Wildman–Crippen MR) is 143 cm³/mol. The van der Waals surface area contributed by atoms with E-state index in [-0.39, 0.29) is 42.7 Å². The zero-order valence-corrected chi connectivity index (χ0v) is 22.7. The van der Waals surface area contributed by atoms with Crippen molar-refractivity contribution in [1.29, 1.82) is 0 Å². The summed E-state index contributed by atoms with van der Waals surface area (Å²) < 4.78 is 25.2. The normalized spacial score (nSPS) is 36.5. The number of hydrogen-bond acceptors (Lipinski definition) is 5. The Morgan fingerprint density at radius 2 is 1.81 bits per heavy atom. The molecule has 0 amide bonds. The second-order valence-corrected chi connectivity index (χ2v) is 11.8. The second kappa shape index (κ2) is 13.1. The van der Waals surface area contributed by atoms with E-state index in [2.05, 4.69) is 30.6 Å². The van der Waals surface area contributed by atoms with Crippen LogP contribution in [0.1, 0.15) is 96.8 Å². The van der Waals surface area contributed by atoms with Gasteiger partial charge in [-0.15, -0.1) is 11.8 Å². The van der Waals surface area contributed by atoms with Crippen LogP contribution in [0.4, 0.5) is 0 Å². The monoisotopic (exact) mass is 510 g/mol. The van der Waals surface area contributed by atoms with Crippen LogP contribution in [0.2, 0.25) is 0 Å². The smallest absolute Gasteiger partial charge is 0.159 e. The lowest BCUT2D eigenvalue weighted by Gasteiger charge is -2.45. The van der Waals surface area contributed by atoms with Gasteiger partial charge < -0.3 is 24.1 Å². The Kier molecular flexibility index (Phi) is 9.67. The molecule has 0 radical (unpaired) electrons. The number of aliphatic hydroxyl groups is 1. The summed E-state index contributed by atoms with van der Waals surface area (Å²) in [7, 11) is 0. The van der Waals surface area contributed by atoms with Crippen LogP contribution < -0.4 is 0 Å². The number of hydrogen-bond donors (Lipinski definition) is 1. The van der Waals surface area contributed by atoms with Gasteiger partial charge in [-0.25, -0.2) is 0 Å². The average molecular weight is 511 g/mol. The van der Waals surface area contributed by atoms with Crippen LogP contribution in [0.25, 0.3) is 0 Å². The summed E-state index contributed by atoms with van der Waals surface area (Å²) in [6.45, 7) is 3.80. The highest BCUT2D eigenvalue weighted by molar-refractivity contribution is 5.24. The molecule has 37 heavy (non-hydrogen) atoms. The molecule has 3 saturated carbocycles. The van der Waals surface area contributed by atoms with Gasteiger partial charge in [-0.3, -0.25) is 0 Å². The van der Waals surface area contributed by atoms with Gasteiger partial charge in [-0.2, -0.15) is 0 Å². The highest BCUT2D eigenvalue weighted by atomic mass is 16.7. The third-order valence-electron chi connectivity index (χ3n) is 9.32. The first kappa shape index (κ1) is 27.2. The standard InChI is InChI=1S/C32H46O5/c1-2-3-6-15-32(16-9-17-32)29(37-31-11-5-8-20-35-31)13-12-26-27-22-24(14-18-33)21-25(27)23-28(26)36-30-10-4-7-19-34-30/h14,25-31,33H,2,4-5,7-11,15-23H2,1H3/b24-14+/t25-,26+,27-,28+,29+,30?,31?/m0/s1. The minimum Gasteiger partial charge on any atom is -0.392 e. The van der Waals surface area contributed by atoms with Gasteiger partial charge in [0.2, 0.25) is 0 Å². The van der Waals surface area contributed by atoms with Gasteiger partial charge >= 0.3 is 0 Å². The zero-order chi connectivity index (χ0) is 25.5. The van der Waals surface area contributed by atoms with E-state index in [1.54, 1.807) is 0 Å². The van der Waals surface area contributed by atoms with Gasteiger partial charge in [-0.05, 0) is 82.5 Å². The van der Waals surface area contributed by atoms with Gasteiger partial charge in [0.1, 0.15) is 6.10 Å². The quantitative estimate of drug-likeness (QED) is 0.349. The molecule has 2 heterocycles. The van der Waals surface area contributed by atoms with Crippen molar-refractivity contribution in [3.05, 3.63) is 11.6 Å². The molecular weight excluding hydrogens is 464 g/mol. The lowest BCUT2D eigenvalue weighted by atomic mass is 9.63. The van der Waals surface area contributed by atoms with Crippen molar-refractivity contribution in [2.75, 3.05) is 19.8 Å². The fraction of sp³-hybridized carbons (Fsp3) is 0.812. The number of aliphatic hydroxyl groups excluding tert-OH is 1. The van der Waals surface area contributed by atoms with E-state index in [1.165, 1.54) is 18.4 Å². The molecule has 7 atom stereocenters. The van der Waals surface area contributed by atoms with Gasteiger partial charge in [0.15, 0.2) is 12.6 Å². The van der Waals surface area contributed by atoms with Crippen LogP contribution in [0, 0.1) is 46.9 Å². The van der Waals surface area contributed by atoms with Crippen LogP contribution in [0.5, 0.6) is 0 Å². The molecule has 5 nitrogen and oxygen atoms in total. The van der Waals surface area contributed by atoms with Crippen molar-refractivity contribution in [3.8, 4) is 23.7 Å². The van der Waals surface area contributed by atoms with E-state index in [4.69, 9.17) is 18.9 Å². The van der Waals surface area contributed by atoms with Crippen LogP contribution in [-0.2, 0) is 18.9 Å². The maximum atomic E-state index is 9.48. The molecule has 0 bridgehead atoms. The maximum Gasteiger partial charge on any atom is 0.159 e. The van der Waals surface area contributed by atoms with E-state index in [0.29, 0.717) is 11.8 Å². The van der Waals surface area contributed by atoms with E-state index in [0.717, 1.165) is 90.3 Å². The molecule has 204 valence electrons. The molecule has 5 aliphatic rings. The molecule has 5 fully saturated rings. The summed E-state index contributed by atoms with van der Waals surface area (Å²) in [5.74, 6) is 15.4. The lowest BCUT2D eigenvalue weighted by Crippen LogP contribution is -2.44. The Morgan fingerprint density at radius 3 is 2.46 bits per heavy atom. The zero-order valence-electron chi connectivity index (χ0n) is 22.7. The number of fused-ring (bicyclic) bond motifs is 1. The van der Waals surface area contributed by atoms with E-state index in [1.807, 2.05) is 6.08 Å². The average Bonchev–Trinajstić information content (AvgIpc) is 3.42. The maximum absolute atomic E-state index is 9.48. The Hall–Kier alpha value is -1.34. The third kappa shape index (κ3) is 6.63. The summed E-state index contributed by atoms with van der Waals surface area (Å²) in [6.07, 6.45) is 16.5. The predicted octanol–water partition coefficient (Wildman–Crippen LogP) is 5.75. The molecule has 2 unspecified atom stereocenters. The molecule has 5 heteroatoms. The summed E-state index contributed by atoms with van der Waals surface area (Å²) in [6, 6.07) is 0. The molecular formula is C32H46O5. The highest BCUT2D eigenvalue weighted by Gasteiger charge is 2.49. The molecule has 0 aromatic rings. The first-order valence-electron chi connectivity index (χ1n) is 15.0. The van der Waals surface area contributed by atoms with Crippen molar-refractivity contribution < 1.29 is 24.1 Å². The molecule has 2 aliphatic heterocycles. The number of allylic oxidation sites excluding steroid dienone is 1. The van der Waals surface area contributed by atoms with Gasteiger partial charge in [0.05, 0.1) is 18.6 Å². The van der Waals surface area contributed by atoms with E-state index < -0.39 is 0 Å². The molecule has 0 spiro atoms. The molecule has 3 aliphatic carbocycles. The molecule has 2 saturated heterocycles. The topological polar surface area (TPSA) is 57.2 Å². The second-order valence-electron chi connectivity index (χ2n) is 11.8. The summed E-state index contributed by atoms with van der Waals surface area (Å²) in [5, 5.41) is 9.48. The number of rotatable bonds is 7. The molecule has 0 aromatic carbocycles. The summed E-state index contributed by atoms with van der Waals surface area (Å²) in [4.78, 5) is 0. The van der Waals surface area contributed by atoms with Crippen LogP contribution in [0.3, 0.4) is 0 Å². The summed E-state index contributed by atoms with van der Waals surface area (Å²) in [5.41, 5.74) is 1.39. The fourth-order valence-electron chi connectivity index (χ4n) is 7.09. The van der Waals surface area contributed by atoms with Crippen molar-refractivity contribution in [2.24, 2.45) is 23.2 Å². The van der Waals surface area contributed by atoms with Gasteiger partial charge in [0, 0.05) is 31.5 Å². The highest BCUT2D eigenvalue weighted by Crippen LogP contribution is 2.52. The van der Waals surface area contributed by atoms with Crippen LogP contribution in [0.15, 0.2) is 11.6 Å². The van der Waals surface area contributed by atoms with Crippen LogP contribution >= 0.6 is 0 Å². The SMILES string of the molecule is CCC#CCC1([C@@H](C#C[C@@H]2[C@H]3C/C(=C/CO)C[C@H]3C[C@H]2OC2CCCCO2)OC2CCCCO2)CCC1. The third-order valence-corrected chi connectivity index (χ3v) is 9.32. The Bertz CT molecular complexity index is 888. The Morgan fingerprint density at radius 1 is 1.03 bits per heavy atom. The van der Waals surface area contributed by atoms with Crippen molar-refractivity contribution in [1.82, 2.24) is 0 Å². The lowest BCUT2D eigenvalue weighted by molar-refractivity contribution is -0.206. The number of ether oxygens (including phenoxy) is 4. The van der Waals surface area contributed by atoms with Crippen molar-refractivity contribution in [2.45, 2.75) is 122 Å². The summed E-state index contributed by atoms with van der Waals surface area (Å²) >= 11 is 0. The Labute approximate surface area is 224 Å². The first-order chi connectivity index (χ1) is 18.2. The van der Waals surface area contributed by atoms with Crippen LogP contribution in [-0.4, -0.2) is 49.7 Å². The minimum atomic E-state index is -0.158. The fourth-order valence-corrected chi connectivity index (χ4v) is 7.09. The van der Waals surface area contributed by atoms with Gasteiger partial charge in [-0.1, -0.05) is 36.8 Å². The largest absolute Gasteiger partial charge is 0.392 e. The van der Waals surface area contributed by atoms with E-state index >= 15 is 0 Å². The minimum absolute atomic E-state index is 0.00838. The molecule has 5 rings (SSSR count). The Balaban J connectivity index is 1.38. The van der Waals surface area contributed by atoms with E-state index in [9.17, 15) is 5.11 Å². The molecule has 0 aromatic heterocycles. The van der Waals surface area contributed by atoms with Crippen molar-refractivity contribution >= 4 is 0 Å².